The third kappa shape index (κ3) is 10.1. The Hall–Kier alpha value is -3.63. The molecule has 0 aromatic heterocycles. The van der Waals surface area contributed by atoms with Crippen LogP contribution in [0.5, 0.6) is 11.5 Å². The van der Waals surface area contributed by atoms with Crippen LogP contribution in [0.1, 0.15) is 18.9 Å². The van der Waals surface area contributed by atoms with Gasteiger partial charge in [-0.3, -0.25) is 0 Å². The van der Waals surface area contributed by atoms with E-state index < -0.39 is 5.97 Å². The number of aromatic hydroxyl groups is 1. The van der Waals surface area contributed by atoms with Crippen molar-refractivity contribution in [2.24, 2.45) is 0 Å². The molecule has 1 rings (SSSR count). The second-order valence-electron chi connectivity index (χ2n) is 5.05. The highest BCUT2D eigenvalue weighted by molar-refractivity contribution is 5.87. The van der Waals surface area contributed by atoms with Crippen LogP contribution in [0.4, 0.5) is 0 Å². The number of ether oxygens (including phenoxy) is 2. The van der Waals surface area contributed by atoms with Crippen LogP contribution >= 0.6 is 0 Å². The smallest absolute Gasteiger partial charge is 0.330 e. The van der Waals surface area contributed by atoms with Crippen LogP contribution < -0.4 is 4.74 Å². The van der Waals surface area contributed by atoms with Gasteiger partial charge in [0.25, 0.3) is 0 Å². The summed E-state index contributed by atoms with van der Waals surface area (Å²) in [7, 11) is 1.46. The van der Waals surface area contributed by atoms with Gasteiger partial charge in [0.05, 0.1) is 13.7 Å². The number of esters is 1. The Morgan fingerprint density at radius 2 is 1.96 bits per heavy atom. The minimum absolute atomic E-state index is 0.0469. The molecular formula is C23H22O4. The number of carbonyl (C=O) groups is 1. The molecule has 0 saturated heterocycles. The zero-order chi connectivity index (χ0) is 19.7. The zero-order valence-electron chi connectivity index (χ0n) is 15.4. The van der Waals surface area contributed by atoms with E-state index in [1.54, 1.807) is 36.4 Å². The summed E-state index contributed by atoms with van der Waals surface area (Å²) in [5.41, 5.74) is 0.725. The number of carbonyl (C=O) groups excluding carboxylic acids is 1. The Morgan fingerprint density at radius 1 is 1.19 bits per heavy atom. The number of methoxy groups -OCH3 is 1. The molecule has 0 bridgehead atoms. The summed E-state index contributed by atoms with van der Waals surface area (Å²) in [5.74, 6) is 10.9. The van der Waals surface area contributed by atoms with Gasteiger partial charge in [-0.05, 0) is 61.1 Å². The standard InChI is InChI=1S/C23H22O4/c1-3-4-5-6-7-8-9-10-11-12-13-18-27-23(25)17-15-20-14-16-21(24)22(19-20)26-2/h3-4,9-12,14-17,19,24H,13,18H2,1-2H3/b4-3+,10-9+,12-11-,17-15+. The lowest BCUT2D eigenvalue weighted by atomic mass is 10.2. The molecule has 1 N–H and O–H groups in total. The number of benzene rings is 1. The maximum atomic E-state index is 11.7. The average Bonchev–Trinajstić information content (AvgIpc) is 2.68. The van der Waals surface area contributed by atoms with Crippen molar-refractivity contribution in [3.8, 4) is 35.2 Å². The molecular weight excluding hydrogens is 340 g/mol. The third-order valence-electron chi connectivity index (χ3n) is 3.03. The Balaban J connectivity index is 2.30. The number of allylic oxidation sites excluding steroid dienone is 5. The van der Waals surface area contributed by atoms with Gasteiger partial charge in [-0.2, -0.15) is 0 Å². The Kier molecular flexibility index (Phi) is 10.8. The van der Waals surface area contributed by atoms with Crippen LogP contribution in [0, 0.1) is 23.7 Å². The maximum Gasteiger partial charge on any atom is 0.330 e. The van der Waals surface area contributed by atoms with Crippen LogP contribution in [0.2, 0.25) is 0 Å². The predicted molar refractivity (Wildman–Crippen MR) is 108 cm³/mol. The minimum Gasteiger partial charge on any atom is -0.504 e. The van der Waals surface area contributed by atoms with E-state index in [0.29, 0.717) is 12.2 Å². The highest BCUT2D eigenvalue weighted by atomic mass is 16.5. The summed E-state index contributed by atoms with van der Waals surface area (Å²) in [4.78, 5) is 11.7. The van der Waals surface area contributed by atoms with E-state index in [4.69, 9.17) is 9.47 Å². The summed E-state index contributed by atoms with van der Waals surface area (Å²) < 4.78 is 10.1. The molecule has 4 heteroatoms. The summed E-state index contributed by atoms with van der Waals surface area (Å²) >= 11 is 0. The van der Waals surface area contributed by atoms with E-state index >= 15 is 0 Å². The highest BCUT2D eigenvalue weighted by Gasteiger charge is 2.01. The first kappa shape index (κ1) is 21.4. The Labute approximate surface area is 160 Å². The molecule has 0 spiro atoms. The second-order valence-corrected chi connectivity index (χ2v) is 5.05. The van der Waals surface area contributed by atoms with Gasteiger partial charge in [-0.15, -0.1) is 0 Å². The molecule has 4 nitrogen and oxygen atoms in total. The molecule has 0 aliphatic rings. The summed E-state index contributed by atoms with van der Waals surface area (Å²) in [6.07, 6.45) is 14.3. The van der Waals surface area contributed by atoms with E-state index in [9.17, 15) is 9.90 Å². The topological polar surface area (TPSA) is 55.8 Å². The molecule has 0 fully saturated rings. The van der Waals surface area contributed by atoms with Crippen molar-refractivity contribution in [3.05, 3.63) is 66.3 Å². The SMILES string of the molecule is C/C=C/C#CC#C/C=C/C=C\CCOC(=O)/C=C/c1ccc(O)c(OC)c1. The fraction of sp³-hybridized carbons (Fsp3) is 0.174. The molecule has 1 aromatic carbocycles. The number of hydrogen-bond acceptors (Lipinski definition) is 4. The summed E-state index contributed by atoms with van der Waals surface area (Å²) in [6, 6.07) is 4.80. The maximum absolute atomic E-state index is 11.7. The molecule has 1 aromatic rings. The lowest BCUT2D eigenvalue weighted by molar-refractivity contribution is -0.137. The van der Waals surface area contributed by atoms with Crippen LogP contribution in [0.3, 0.4) is 0 Å². The third-order valence-corrected chi connectivity index (χ3v) is 3.03. The molecule has 0 aliphatic carbocycles. The van der Waals surface area contributed by atoms with E-state index in [2.05, 4.69) is 23.7 Å². The van der Waals surface area contributed by atoms with E-state index in [-0.39, 0.29) is 12.4 Å². The molecule has 138 valence electrons. The van der Waals surface area contributed by atoms with Crippen LogP contribution in [0.25, 0.3) is 6.08 Å². The first-order chi connectivity index (χ1) is 13.2. The monoisotopic (exact) mass is 362 g/mol. The van der Waals surface area contributed by atoms with Gasteiger partial charge in [-0.1, -0.05) is 42.2 Å². The highest BCUT2D eigenvalue weighted by Crippen LogP contribution is 2.26. The first-order valence-electron chi connectivity index (χ1n) is 8.33. The Morgan fingerprint density at radius 3 is 2.70 bits per heavy atom. The van der Waals surface area contributed by atoms with Gasteiger partial charge in [-0.25, -0.2) is 4.79 Å². The van der Waals surface area contributed by atoms with Gasteiger partial charge in [0, 0.05) is 6.08 Å². The number of phenols is 1. The Bertz CT molecular complexity index is 850. The molecule has 0 radical (unpaired) electrons. The van der Waals surface area contributed by atoms with E-state index in [1.165, 1.54) is 19.3 Å². The summed E-state index contributed by atoms with van der Waals surface area (Å²) in [5, 5.41) is 9.52. The summed E-state index contributed by atoms with van der Waals surface area (Å²) in [6.45, 7) is 2.18. The predicted octanol–water partition coefficient (Wildman–Crippen LogP) is 4.04. The van der Waals surface area contributed by atoms with E-state index in [1.807, 2.05) is 25.2 Å². The number of hydrogen-bond donors (Lipinski definition) is 1. The minimum atomic E-state index is -0.434. The molecule has 0 amide bonds. The fourth-order valence-electron chi connectivity index (χ4n) is 1.76. The van der Waals surface area contributed by atoms with Gasteiger partial charge >= 0.3 is 5.97 Å². The molecule has 0 aliphatic heterocycles. The molecule has 0 heterocycles. The fourth-order valence-corrected chi connectivity index (χ4v) is 1.76. The van der Waals surface area contributed by atoms with Crippen molar-refractivity contribution < 1.29 is 19.4 Å². The van der Waals surface area contributed by atoms with Crippen molar-refractivity contribution >= 4 is 12.0 Å². The second kappa shape index (κ2) is 13.6. The zero-order valence-corrected chi connectivity index (χ0v) is 15.4. The average molecular weight is 362 g/mol. The number of rotatable bonds is 7. The van der Waals surface area contributed by atoms with Crippen molar-refractivity contribution in [1.29, 1.82) is 0 Å². The van der Waals surface area contributed by atoms with Crippen molar-refractivity contribution in [2.45, 2.75) is 13.3 Å². The van der Waals surface area contributed by atoms with Crippen molar-refractivity contribution in [1.82, 2.24) is 0 Å². The van der Waals surface area contributed by atoms with Gasteiger partial charge in [0.1, 0.15) is 0 Å². The lowest BCUT2D eigenvalue weighted by Gasteiger charge is -2.03. The first-order valence-corrected chi connectivity index (χ1v) is 8.33. The molecule has 0 atom stereocenters. The van der Waals surface area contributed by atoms with Crippen LogP contribution in [0.15, 0.2) is 60.7 Å². The van der Waals surface area contributed by atoms with Gasteiger partial charge < -0.3 is 14.6 Å². The number of phenolic OH excluding ortho intramolecular Hbond substituents is 1. The largest absolute Gasteiger partial charge is 0.504 e. The van der Waals surface area contributed by atoms with Crippen molar-refractivity contribution in [3.63, 3.8) is 0 Å². The molecule has 0 unspecified atom stereocenters. The quantitative estimate of drug-likeness (QED) is 0.261. The van der Waals surface area contributed by atoms with Gasteiger partial charge in [0.15, 0.2) is 11.5 Å². The van der Waals surface area contributed by atoms with Crippen LogP contribution in [-0.2, 0) is 9.53 Å². The molecule has 0 saturated carbocycles. The normalized spacial score (nSPS) is 10.7. The lowest BCUT2D eigenvalue weighted by Crippen LogP contribution is -2.01. The molecule has 27 heavy (non-hydrogen) atoms. The van der Waals surface area contributed by atoms with E-state index in [0.717, 1.165) is 5.56 Å². The van der Waals surface area contributed by atoms with Gasteiger partial charge in [0.2, 0.25) is 0 Å². The van der Waals surface area contributed by atoms with Crippen molar-refractivity contribution in [2.75, 3.05) is 13.7 Å². The van der Waals surface area contributed by atoms with Crippen LogP contribution in [-0.4, -0.2) is 24.8 Å².